The van der Waals surface area contributed by atoms with Crippen LogP contribution >= 0.6 is 0 Å². The third-order valence-electron chi connectivity index (χ3n) is 15.3. The first kappa shape index (κ1) is 79.0. The summed E-state index contributed by atoms with van der Waals surface area (Å²) in [5, 5.41) is 32.5. The second-order valence-corrected chi connectivity index (χ2v) is 22.8. The lowest BCUT2D eigenvalue weighted by molar-refractivity contribution is -0.135. The number of carbonyl (C=O) groups excluding carboxylic acids is 9. The maximum Gasteiger partial charge on any atom is 0.243 e. The SMILES string of the molecule is NCCCC[C@H](NC(=O)[C@H](CCCN=C(N)N)NC(=O)[C@H](CCCN=C(N)N)NC(=O)[C@H](Cc1ccc(O)cc1)NC(=O)[C@H](CCCCN)NC(=O)C1CCC(NC(=O)[C@H](CCCCN)NC(=O)[C@H](CCCCN)NC(=O)[C@@H](N)CCCN=C(N)N)CC1)C(N)=O. The molecule has 33 N–H and O–H groups in total. The summed E-state index contributed by atoms with van der Waals surface area (Å²) in [5.41, 5.74) is 68.3. The number of aromatic hydroxyl groups is 1. The molecule has 0 aromatic heterocycles. The first-order valence-corrected chi connectivity index (χ1v) is 31.6. The monoisotopic (exact) mass is 1290 g/mol. The second-order valence-electron chi connectivity index (χ2n) is 22.8. The average Bonchev–Trinajstić information content (AvgIpc) is 1.31. The van der Waals surface area contributed by atoms with E-state index in [2.05, 4.69) is 57.5 Å². The van der Waals surface area contributed by atoms with Crippen LogP contribution in [-0.2, 0) is 49.6 Å². The number of hydrogen-bond acceptors (Lipinski definition) is 18. The number of carbonyl (C=O) groups is 9. The first-order valence-electron chi connectivity index (χ1n) is 31.6. The van der Waals surface area contributed by atoms with Crippen LogP contribution in [0.15, 0.2) is 39.2 Å². The van der Waals surface area contributed by atoms with Crippen LogP contribution < -0.4 is 111 Å². The standard InChI is InChI=1S/C58H107N23O10/c59-27-5-1-13-40(47(64)83)75-51(87)44(17-10-32-72-57(67)68)79-53(89)45(18-11-33-73-58(69)70)80-55(91)46(34-35-19-25-38(82)26-20-35)81-54(90)42(15-3-7-29-61)76-48(84)36-21-23-37(24-22-36)74-50(86)41(14-2-6-28-60)78-52(88)43(16-4-8-30-62)77-49(85)39(63)12-9-31-71-56(65)66/h19-20,25-26,36-37,39-46,82H,1-18,21-24,27-34,59-63H2,(H2,64,83)(H,74,86)(H,75,87)(H,76,84)(H,77,85)(H,78,88)(H,79,89)(H,80,91)(H,81,90)(H4,65,66,71)(H4,67,68,72)(H4,69,70,73)/t36?,37?,39-,40-,41-,42-,43-,44-,45-,46-/m0/s1. The number of unbranched alkanes of at least 4 members (excludes halogenated alkanes) is 4. The lowest BCUT2D eigenvalue weighted by Gasteiger charge is -2.31. The highest BCUT2D eigenvalue weighted by Gasteiger charge is 2.36. The van der Waals surface area contributed by atoms with Crippen molar-refractivity contribution >= 4 is 71.0 Å². The summed E-state index contributed by atoms with van der Waals surface area (Å²) >= 11 is 0. The molecule has 0 unspecified atom stereocenters. The van der Waals surface area contributed by atoms with Gasteiger partial charge < -0.3 is 116 Å². The van der Waals surface area contributed by atoms with E-state index in [0.717, 1.165) is 0 Å². The predicted molar refractivity (Wildman–Crippen MR) is 348 cm³/mol. The summed E-state index contributed by atoms with van der Waals surface area (Å²) in [4.78, 5) is 137. The predicted octanol–water partition coefficient (Wildman–Crippen LogP) is -5.51. The summed E-state index contributed by atoms with van der Waals surface area (Å²) < 4.78 is 0. The first-order chi connectivity index (χ1) is 43.4. The summed E-state index contributed by atoms with van der Waals surface area (Å²) in [6, 6.07) is -3.78. The lowest BCUT2D eigenvalue weighted by Crippen LogP contribution is -2.59. The number of guanidine groups is 3. The van der Waals surface area contributed by atoms with Crippen molar-refractivity contribution in [1.29, 1.82) is 0 Å². The van der Waals surface area contributed by atoms with Crippen LogP contribution in [0.5, 0.6) is 5.75 Å². The molecular weight excluding hydrogens is 1180 g/mol. The van der Waals surface area contributed by atoms with E-state index >= 15 is 0 Å². The molecule has 1 aliphatic rings. The molecule has 33 nitrogen and oxygen atoms in total. The maximum absolute atomic E-state index is 14.7. The van der Waals surface area contributed by atoms with Crippen LogP contribution in [0.3, 0.4) is 0 Å². The maximum atomic E-state index is 14.7. The van der Waals surface area contributed by atoms with Crippen molar-refractivity contribution < 1.29 is 48.3 Å². The van der Waals surface area contributed by atoms with Crippen molar-refractivity contribution in [1.82, 2.24) is 42.5 Å². The highest BCUT2D eigenvalue weighted by atomic mass is 16.3. The van der Waals surface area contributed by atoms with Crippen molar-refractivity contribution in [3.05, 3.63) is 29.8 Å². The molecule has 0 radical (unpaired) electrons. The topological polar surface area (TPSA) is 619 Å². The molecule has 0 spiro atoms. The molecule has 9 amide bonds. The molecular formula is C58H107N23O10. The van der Waals surface area contributed by atoms with Gasteiger partial charge in [-0.3, -0.25) is 58.1 Å². The fraction of sp³-hybridized carbons (Fsp3) is 0.690. The normalized spacial score (nSPS) is 16.2. The quantitative estimate of drug-likeness (QED) is 0.0164. The Balaban J connectivity index is 2.38. The van der Waals surface area contributed by atoms with E-state index in [1.165, 1.54) is 12.1 Å². The van der Waals surface area contributed by atoms with Gasteiger partial charge in [-0.05, 0) is 185 Å². The Morgan fingerprint density at radius 2 is 0.736 bits per heavy atom. The van der Waals surface area contributed by atoms with Crippen LogP contribution in [-0.4, -0.2) is 176 Å². The van der Waals surface area contributed by atoms with Gasteiger partial charge in [-0.2, -0.15) is 0 Å². The number of hydrogen-bond donors (Lipinski definition) is 21. The van der Waals surface area contributed by atoms with Crippen LogP contribution in [0.2, 0.25) is 0 Å². The number of aliphatic imine (C=N–C) groups is 3. The molecule has 1 aliphatic carbocycles. The van der Waals surface area contributed by atoms with Gasteiger partial charge in [0.25, 0.3) is 0 Å². The Hall–Kier alpha value is -8.14. The van der Waals surface area contributed by atoms with Gasteiger partial charge >= 0.3 is 0 Å². The third kappa shape index (κ3) is 33.5. The number of phenols is 1. The summed E-state index contributed by atoms with van der Waals surface area (Å²) in [6.07, 6.45) is 7.08. The molecule has 2 rings (SSSR count). The Kier molecular flexibility index (Phi) is 39.2. The molecule has 1 saturated carbocycles. The zero-order valence-corrected chi connectivity index (χ0v) is 52.7. The van der Waals surface area contributed by atoms with Crippen LogP contribution in [0.4, 0.5) is 0 Å². The molecule has 1 fully saturated rings. The number of phenolic OH excluding ortho intramolecular Hbond substituents is 1. The van der Waals surface area contributed by atoms with Crippen LogP contribution in [0.25, 0.3) is 0 Å². The van der Waals surface area contributed by atoms with Gasteiger partial charge in [-0.15, -0.1) is 0 Å². The summed E-state index contributed by atoms with van der Waals surface area (Å²) in [5.74, 6) is -7.09. The minimum atomic E-state index is -1.40. The fourth-order valence-corrected chi connectivity index (χ4v) is 10.1. The van der Waals surface area contributed by atoms with Crippen molar-refractivity contribution in [3.8, 4) is 5.75 Å². The third-order valence-corrected chi connectivity index (χ3v) is 15.3. The van der Waals surface area contributed by atoms with E-state index in [-0.39, 0.29) is 120 Å². The minimum absolute atomic E-state index is 0.0196. The fourth-order valence-electron chi connectivity index (χ4n) is 10.1. The molecule has 0 bridgehead atoms. The van der Waals surface area contributed by atoms with Gasteiger partial charge in [0.2, 0.25) is 53.2 Å². The Labute approximate surface area is 533 Å². The molecule has 0 heterocycles. The smallest absolute Gasteiger partial charge is 0.243 e. The Bertz CT molecular complexity index is 2490. The van der Waals surface area contributed by atoms with Crippen molar-refractivity contribution in [2.45, 2.75) is 202 Å². The lowest BCUT2D eigenvalue weighted by atomic mass is 9.85. The van der Waals surface area contributed by atoms with Crippen LogP contribution in [0.1, 0.15) is 147 Å². The summed E-state index contributed by atoms with van der Waals surface area (Å²) in [6.45, 7) is 1.75. The molecule has 91 heavy (non-hydrogen) atoms. The van der Waals surface area contributed by atoms with Crippen molar-refractivity contribution in [2.24, 2.45) is 89.7 Å². The number of nitrogens with zero attached hydrogens (tertiary/aromatic N) is 3. The van der Waals surface area contributed by atoms with E-state index in [1.54, 1.807) is 12.1 Å². The van der Waals surface area contributed by atoms with E-state index in [9.17, 15) is 48.3 Å². The highest BCUT2D eigenvalue weighted by molar-refractivity contribution is 5.97. The van der Waals surface area contributed by atoms with Gasteiger partial charge in [-0.25, -0.2) is 0 Å². The van der Waals surface area contributed by atoms with Crippen molar-refractivity contribution in [3.63, 3.8) is 0 Å². The van der Waals surface area contributed by atoms with Gasteiger partial charge in [0.05, 0.1) is 6.04 Å². The number of primary amides is 1. The minimum Gasteiger partial charge on any atom is -0.508 e. The largest absolute Gasteiger partial charge is 0.508 e. The number of nitrogens with one attached hydrogen (secondary N) is 8. The molecule has 514 valence electrons. The molecule has 8 atom stereocenters. The molecule has 1 aromatic rings. The molecule has 0 saturated heterocycles. The zero-order chi connectivity index (χ0) is 67.7. The molecule has 1 aromatic carbocycles. The Morgan fingerprint density at radius 3 is 1.13 bits per heavy atom. The second kappa shape index (κ2) is 45.2. The highest BCUT2D eigenvalue weighted by Crippen LogP contribution is 2.25. The van der Waals surface area contributed by atoms with Gasteiger partial charge in [0.15, 0.2) is 17.9 Å². The van der Waals surface area contributed by atoms with Gasteiger partial charge in [-0.1, -0.05) is 12.1 Å². The summed E-state index contributed by atoms with van der Waals surface area (Å²) in [7, 11) is 0. The van der Waals surface area contributed by atoms with Crippen LogP contribution in [0, 0.1) is 5.92 Å². The van der Waals surface area contributed by atoms with E-state index in [1.807, 2.05) is 0 Å². The zero-order valence-electron chi connectivity index (χ0n) is 52.7. The average molecular weight is 1290 g/mol. The number of rotatable bonds is 47. The van der Waals surface area contributed by atoms with Gasteiger partial charge in [0.1, 0.15) is 48.0 Å². The van der Waals surface area contributed by atoms with E-state index in [4.69, 9.17) is 68.8 Å². The molecule has 33 heteroatoms. The number of nitrogens with two attached hydrogens (primary N) is 12. The van der Waals surface area contributed by atoms with Crippen molar-refractivity contribution in [2.75, 3.05) is 45.8 Å². The number of benzene rings is 1. The van der Waals surface area contributed by atoms with E-state index < -0.39 is 107 Å². The molecule has 0 aliphatic heterocycles. The van der Waals surface area contributed by atoms with Gasteiger partial charge in [0, 0.05) is 38.0 Å². The van der Waals surface area contributed by atoms with E-state index in [0.29, 0.717) is 109 Å². The number of amides is 9. The Morgan fingerprint density at radius 1 is 0.407 bits per heavy atom.